The first-order valence-electron chi connectivity index (χ1n) is 15.5. The number of hydrogen-bond donors (Lipinski definition) is 1. The molecule has 2 saturated heterocycles. The lowest BCUT2D eigenvalue weighted by Gasteiger charge is -2.41. The van der Waals surface area contributed by atoms with Crippen molar-refractivity contribution in [1.29, 1.82) is 0 Å². The van der Waals surface area contributed by atoms with Crippen LogP contribution in [0.2, 0.25) is 5.02 Å². The molecule has 2 aliphatic rings. The maximum atomic E-state index is 13.0. The zero-order valence-corrected chi connectivity index (χ0v) is 27.3. The first kappa shape index (κ1) is 31.5. The lowest BCUT2D eigenvalue weighted by Crippen LogP contribution is -2.46. The number of sulfone groups is 1. The molecule has 0 unspecified atom stereocenters. The lowest BCUT2D eigenvalue weighted by molar-refractivity contribution is 0.141. The Kier molecular flexibility index (Phi) is 10.1. The first-order chi connectivity index (χ1) is 20.6. The molecule has 1 N–H and O–H groups in total. The molecule has 43 heavy (non-hydrogen) atoms. The third kappa shape index (κ3) is 7.62. The minimum atomic E-state index is -3.51. The van der Waals surface area contributed by atoms with E-state index in [-0.39, 0.29) is 11.0 Å². The highest BCUT2D eigenvalue weighted by atomic mass is 35.5. The minimum absolute atomic E-state index is 0.0154. The standard InChI is InChI=1S/C33H44ClN5O3S/c1-23(2)42-30-21-27(39-18-14-26(15-19-39)38-16-8-5-9-17-38)13-12-25(30)20-32-35-22-28(34)33(37-32)36-29-10-6-7-11-31(29)43(40,41)24(3)4/h6-7,10-13,21-24,26H,5,8-9,14-20H2,1-4H3,(H,35,36,37). The summed E-state index contributed by atoms with van der Waals surface area (Å²) >= 11 is 6.47. The van der Waals surface area contributed by atoms with Crippen molar-refractivity contribution in [1.82, 2.24) is 14.9 Å². The summed E-state index contributed by atoms with van der Waals surface area (Å²) in [6.45, 7) is 12.0. The highest BCUT2D eigenvalue weighted by molar-refractivity contribution is 7.92. The second-order valence-electron chi connectivity index (χ2n) is 12.1. The van der Waals surface area contributed by atoms with Gasteiger partial charge in [0.2, 0.25) is 0 Å². The average molecular weight is 626 g/mol. The first-order valence-corrected chi connectivity index (χ1v) is 17.4. The van der Waals surface area contributed by atoms with E-state index in [1.807, 2.05) is 13.8 Å². The number of para-hydroxylation sites is 1. The number of halogens is 1. The molecule has 0 atom stereocenters. The van der Waals surface area contributed by atoms with Crippen molar-refractivity contribution in [3.63, 3.8) is 0 Å². The van der Waals surface area contributed by atoms with Gasteiger partial charge in [-0.15, -0.1) is 0 Å². The topological polar surface area (TPSA) is 87.7 Å². The van der Waals surface area contributed by atoms with Crippen molar-refractivity contribution < 1.29 is 13.2 Å². The number of anilines is 3. The molecular weight excluding hydrogens is 582 g/mol. The number of piperidine rings is 2. The smallest absolute Gasteiger partial charge is 0.182 e. The minimum Gasteiger partial charge on any atom is -0.491 e. The molecule has 2 aliphatic heterocycles. The van der Waals surface area contributed by atoms with E-state index in [9.17, 15) is 8.42 Å². The molecule has 0 radical (unpaired) electrons. The molecule has 0 spiro atoms. The van der Waals surface area contributed by atoms with Crippen LogP contribution in [0, 0.1) is 0 Å². The van der Waals surface area contributed by atoms with E-state index in [0.717, 1.165) is 24.4 Å². The van der Waals surface area contributed by atoms with Gasteiger partial charge in [0.1, 0.15) is 16.6 Å². The van der Waals surface area contributed by atoms with Crippen LogP contribution in [0.15, 0.2) is 53.6 Å². The zero-order valence-electron chi connectivity index (χ0n) is 25.7. The lowest BCUT2D eigenvalue weighted by atomic mass is 9.99. The van der Waals surface area contributed by atoms with Crippen LogP contribution in [0.4, 0.5) is 17.2 Å². The van der Waals surface area contributed by atoms with Gasteiger partial charge in [-0.3, -0.25) is 0 Å². The van der Waals surface area contributed by atoms with Crippen LogP contribution in [0.25, 0.3) is 0 Å². The molecule has 232 valence electrons. The van der Waals surface area contributed by atoms with Gasteiger partial charge in [0.25, 0.3) is 0 Å². The summed E-state index contributed by atoms with van der Waals surface area (Å²) in [5.74, 6) is 1.74. The molecule has 0 aliphatic carbocycles. The van der Waals surface area contributed by atoms with Crippen molar-refractivity contribution >= 4 is 38.6 Å². The van der Waals surface area contributed by atoms with Gasteiger partial charge in [-0.2, -0.15) is 0 Å². The fourth-order valence-corrected chi connectivity index (χ4v) is 7.31. The van der Waals surface area contributed by atoms with Gasteiger partial charge in [0.05, 0.1) is 28.1 Å². The Hall–Kier alpha value is -2.88. The summed E-state index contributed by atoms with van der Waals surface area (Å²) in [6.07, 6.45) is 8.43. The molecule has 0 amide bonds. The number of hydrogen-bond acceptors (Lipinski definition) is 8. The maximum absolute atomic E-state index is 13.0. The molecule has 5 rings (SSSR count). The SMILES string of the molecule is CC(C)Oc1cc(N2CCC(N3CCCCC3)CC2)ccc1Cc1ncc(Cl)c(Nc2ccccc2S(=O)(=O)C(C)C)n1. The van der Waals surface area contributed by atoms with Gasteiger partial charge in [0.15, 0.2) is 15.7 Å². The Labute approximate surface area is 261 Å². The van der Waals surface area contributed by atoms with Gasteiger partial charge in [-0.05, 0) is 84.7 Å². The van der Waals surface area contributed by atoms with Crippen LogP contribution in [0.1, 0.15) is 71.2 Å². The predicted molar refractivity (Wildman–Crippen MR) is 175 cm³/mol. The summed E-state index contributed by atoms with van der Waals surface area (Å²) in [5.41, 5.74) is 2.59. The Morgan fingerprint density at radius 2 is 1.72 bits per heavy atom. The number of ether oxygens (including phenoxy) is 1. The van der Waals surface area contributed by atoms with Crippen LogP contribution in [0.3, 0.4) is 0 Å². The van der Waals surface area contributed by atoms with Gasteiger partial charge in [-0.25, -0.2) is 18.4 Å². The molecule has 2 aromatic carbocycles. The predicted octanol–water partition coefficient (Wildman–Crippen LogP) is 6.89. The third-order valence-electron chi connectivity index (χ3n) is 8.36. The van der Waals surface area contributed by atoms with E-state index in [2.05, 4.69) is 38.3 Å². The van der Waals surface area contributed by atoms with Crippen LogP contribution < -0.4 is 15.0 Å². The summed E-state index contributed by atoms with van der Waals surface area (Å²) in [4.78, 5) is 14.6. The highest BCUT2D eigenvalue weighted by Crippen LogP contribution is 2.33. The number of aromatic nitrogens is 2. The van der Waals surface area contributed by atoms with Crippen molar-refractivity contribution in [2.75, 3.05) is 36.4 Å². The zero-order chi connectivity index (χ0) is 30.6. The largest absolute Gasteiger partial charge is 0.491 e. The van der Waals surface area contributed by atoms with Crippen molar-refractivity contribution in [3.05, 3.63) is 65.1 Å². The van der Waals surface area contributed by atoms with E-state index in [4.69, 9.17) is 21.3 Å². The second-order valence-corrected chi connectivity index (χ2v) is 15.0. The number of rotatable bonds is 10. The molecule has 10 heteroatoms. The summed E-state index contributed by atoms with van der Waals surface area (Å²) in [5, 5.41) is 2.90. The van der Waals surface area contributed by atoms with Crippen LogP contribution in [-0.4, -0.2) is 66.9 Å². The van der Waals surface area contributed by atoms with E-state index >= 15 is 0 Å². The van der Waals surface area contributed by atoms with Gasteiger partial charge < -0.3 is 19.9 Å². The summed E-state index contributed by atoms with van der Waals surface area (Å²) < 4.78 is 32.2. The Balaban J connectivity index is 1.34. The fraction of sp³-hybridized carbons (Fsp3) is 0.515. The molecule has 2 fully saturated rings. The van der Waals surface area contributed by atoms with Gasteiger partial charge in [-0.1, -0.05) is 36.2 Å². The molecule has 3 heterocycles. The fourth-order valence-electron chi connectivity index (χ4n) is 5.97. The average Bonchev–Trinajstić information content (AvgIpc) is 3.00. The van der Waals surface area contributed by atoms with Crippen LogP contribution in [0.5, 0.6) is 5.75 Å². The Morgan fingerprint density at radius 1 is 1.00 bits per heavy atom. The molecule has 0 bridgehead atoms. The molecule has 8 nitrogen and oxygen atoms in total. The van der Waals surface area contributed by atoms with E-state index in [1.165, 1.54) is 50.9 Å². The highest BCUT2D eigenvalue weighted by Gasteiger charge is 2.27. The van der Waals surface area contributed by atoms with E-state index in [1.54, 1.807) is 44.3 Å². The number of likely N-dealkylation sites (tertiary alicyclic amines) is 1. The molecule has 0 saturated carbocycles. The molecular formula is C33H44ClN5O3S. The normalized spacial score (nSPS) is 17.0. The van der Waals surface area contributed by atoms with Crippen molar-refractivity contribution in [2.24, 2.45) is 0 Å². The summed E-state index contributed by atoms with van der Waals surface area (Å²) in [7, 11) is -3.51. The van der Waals surface area contributed by atoms with Crippen LogP contribution >= 0.6 is 11.6 Å². The second kappa shape index (κ2) is 13.8. The maximum Gasteiger partial charge on any atom is 0.182 e. The third-order valence-corrected chi connectivity index (χ3v) is 10.8. The molecule has 1 aromatic heterocycles. The van der Waals surface area contributed by atoms with Crippen molar-refractivity contribution in [3.8, 4) is 5.75 Å². The number of nitrogens with one attached hydrogen (secondary N) is 1. The number of nitrogens with zero attached hydrogens (tertiary/aromatic N) is 4. The van der Waals surface area contributed by atoms with Gasteiger partial charge >= 0.3 is 0 Å². The van der Waals surface area contributed by atoms with E-state index in [0.29, 0.717) is 34.8 Å². The monoisotopic (exact) mass is 625 g/mol. The van der Waals surface area contributed by atoms with E-state index < -0.39 is 15.1 Å². The van der Waals surface area contributed by atoms with Crippen molar-refractivity contribution in [2.45, 2.75) is 88.5 Å². The Bertz CT molecular complexity index is 1500. The quantitative estimate of drug-likeness (QED) is 0.261. The summed E-state index contributed by atoms with van der Waals surface area (Å²) in [6, 6.07) is 13.9. The number of benzene rings is 2. The van der Waals surface area contributed by atoms with Gasteiger partial charge in [0, 0.05) is 42.9 Å². The molecule has 3 aromatic rings. The Morgan fingerprint density at radius 3 is 2.42 bits per heavy atom. The van der Waals surface area contributed by atoms with Crippen LogP contribution in [-0.2, 0) is 16.3 Å².